The minimum absolute atomic E-state index is 0.119. The van der Waals surface area contributed by atoms with Crippen molar-refractivity contribution in [2.24, 2.45) is 5.92 Å². The molecule has 0 heterocycles. The molecule has 1 atom stereocenters. The summed E-state index contributed by atoms with van der Waals surface area (Å²) in [5.74, 6) is -0.114. The lowest BCUT2D eigenvalue weighted by atomic mass is 10.1. The van der Waals surface area contributed by atoms with E-state index in [9.17, 15) is 9.59 Å². The summed E-state index contributed by atoms with van der Waals surface area (Å²) in [5.41, 5.74) is 0. The van der Waals surface area contributed by atoms with Gasteiger partial charge in [0.1, 0.15) is 6.04 Å². The molecule has 0 unspecified atom stereocenters. The van der Waals surface area contributed by atoms with Crippen LogP contribution < -0.4 is 10.6 Å². The standard InChI is InChI=1S/C16H32N2O3/c1-12(2)9-10-15(19)17-11-7-5-6-8-14(16(20)21)18-13(3)4/h12-14,18H,5-11H2,1-4H3,(H,17,19)(H,20,21)/t14-/m0/s1. The minimum Gasteiger partial charge on any atom is -0.480 e. The molecule has 5 nitrogen and oxygen atoms in total. The molecule has 0 spiro atoms. The van der Waals surface area contributed by atoms with E-state index in [0.29, 0.717) is 25.3 Å². The second-order valence-corrected chi connectivity index (χ2v) is 6.34. The van der Waals surface area contributed by atoms with Gasteiger partial charge in [0.25, 0.3) is 0 Å². The van der Waals surface area contributed by atoms with E-state index in [0.717, 1.165) is 25.7 Å². The van der Waals surface area contributed by atoms with Crippen molar-refractivity contribution in [3.05, 3.63) is 0 Å². The van der Waals surface area contributed by atoms with Gasteiger partial charge in [-0.3, -0.25) is 9.59 Å². The average Bonchev–Trinajstić information content (AvgIpc) is 2.38. The van der Waals surface area contributed by atoms with Crippen LogP contribution in [0.25, 0.3) is 0 Å². The van der Waals surface area contributed by atoms with Gasteiger partial charge in [-0.2, -0.15) is 0 Å². The molecule has 0 aromatic heterocycles. The van der Waals surface area contributed by atoms with Crippen molar-refractivity contribution in [3.63, 3.8) is 0 Å². The van der Waals surface area contributed by atoms with Crippen LogP contribution in [-0.4, -0.2) is 35.6 Å². The molecule has 0 aliphatic carbocycles. The summed E-state index contributed by atoms with van der Waals surface area (Å²) in [7, 11) is 0. The van der Waals surface area contributed by atoms with Gasteiger partial charge in [0.2, 0.25) is 5.91 Å². The number of rotatable bonds is 12. The Hall–Kier alpha value is -1.10. The molecule has 0 radical (unpaired) electrons. The smallest absolute Gasteiger partial charge is 0.320 e. The highest BCUT2D eigenvalue weighted by atomic mass is 16.4. The topological polar surface area (TPSA) is 78.4 Å². The third kappa shape index (κ3) is 12.4. The van der Waals surface area contributed by atoms with Crippen molar-refractivity contribution in [2.45, 2.75) is 78.3 Å². The van der Waals surface area contributed by atoms with Gasteiger partial charge in [0.05, 0.1) is 0 Å². The van der Waals surface area contributed by atoms with E-state index in [2.05, 4.69) is 24.5 Å². The maximum atomic E-state index is 11.5. The van der Waals surface area contributed by atoms with Crippen LogP contribution in [0.5, 0.6) is 0 Å². The fraction of sp³-hybridized carbons (Fsp3) is 0.875. The lowest BCUT2D eigenvalue weighted by molar-refractivity contribution is -0.139. The number of aliphatic carboxylic acids is 1. The first-order chi connectivity index (χ1) is 9.82. The zero-order valence-corrected chi connectivity index (χ0v) is 13.9. The van der Waals surface area contributed by atoms with Crippen molar-refractivity contribution in [3.8, 4) is 0 Å². The Morgan fingerprint density at radius 1 is 1.00 bits per heavy atom. The molecule has 0 saturated heterocycles. The third-order valence-electron chi connectivity index (χ3n) is 3.27. The molecule has 21 heavy (non-hydrogen) atoms. The van der Waals surface area contributed by atoms with Crippen LogP contribution in [0.4, 0.5) is 0 Å². The molecule has 3 N–H and O–H groups in total. The SMILES string of the molecule is CC(C)CCC(=O)NCCCCC[C@H](NC(C)C)C(=O)O. The maximum Gasteiger partial charge on any atom is 0.320 e. The van der Waals surface area contributed by atoms with E-state index in [-0.39, 0.29) is 11.9 Å². The molecule has 0 bridgehead atoms. The molecule has 0 saturated carbocycles. The lowest BCUT2D eigenvalue weighted by Crippen LogP contribution is -2.40. The monoisotopic (exact) mass is 300 g/mol. The van der Waals surface area contributed by atoms with Crippen molar-refractivity contribution < 1.29 is 14.7 Å². The summed E-state index contributed by atoms with van der Waals surface area (Å²) in [6, 6.07) is -0.294. The Morgan fingerprint density at radius 2 is 1.67 bits per heavy atom. The summed E-state index contributed by atoms with van der Waals surface area (Å²) in [6.45, 7) is 8.80. The summed E-state index contributed by atoms with van der Waals surface area (Å²) >= 11 is 0. The first-order valence-corrected chi connectivity index (χ1v) is 8.08. The van der Waals surface area contributed by atoms with E-state index < -0.39 is 12.0 Å². The predicted molar refractivity (Wildman–Crippen MR) is 85.2 cm³/mol. The molecule has 124 valence electrons. The van der Waals surface area contributed by atoms with Crippen LogP contribution in [0, 0.1) is 5.92 Å². The van der Waals surface area contributed by atoms with Crippen molar-refractivity contribution in [2.75, 3.05) is 6.54 Å². The molecule has 0 aromatic carbocycles. The van der Waals surface area contributed by atoms with E-state index in [1.807, 2.05) is 13.8 Å². The van der Waals surface area contributed by atoms with Crippen LogP contribution in [-0.2, 0) is 9.59 Å². The molecule has 0 aliphatic heterocycles. The van der Waals surface area contributed by atoms with Crippen LogP contribution in [0.2, 0.25) is 0 Å². The summed E-state index contributed by atoms with van der Waals surface area (Å²) < 4.78 is 0. The number of amides is 1. The van der Waals surface area contributed by atoms with Gasteiger partial charge in [-0.25, -0.2) is 0 Å². The number of carboxylic acids is 1. The molecule has 0 aliphatic rings. The fourth-order valence-corrected chi connectivity index (χ4v) is 2.07. The van der Waals surface area contributed by atoms with E-state index in [1.165, 1.54) is 0 Å². The van der Waals surface area contributed by atoms with Crippen LogP contribution in [0.1, 0.15) is 66.2 Å². The van der Waals surface area contributed by atoms with Crippen LogP contribution >= 0.6 is 0 Å². The molecule has 5 heteroatoms. The van der Waals surface area contributed by atoms with Gasteiger partial charge < -0.3 is 15.7 Å². The molecular weight excluding hydrogens is 268 g/mol. The second-order valence-electron chi connectivity index (χ2n) is 6.34. The molecular formula is C16H32N2O3. The van der Waals surface area contributed by atoms with Gasteiger partial charge in [0, 0.05) is 19.0 Å². The second kappa shape index (κ2) is 11.5. The highest BCUT2D eigenvalue weighted by Gasteiger charge is 2.16. The van der Waals surface area contributed by atoms with Gasteiger partial charge in [0.15, 0.2) is 0 Å². The highest BCUT2D eigenvalue weighted by molar-refractivity contribution is 5.75. The molecule has 0 rings (SSSR count). The number of hydrogen-bond donors (Lipinski definition) is 3. The van der Waals surface area contributed by atoms with Gasteiger partial charge in [-0.05, 0) is 25.2 Å². The zero-order chi connectivity index (χ0) is 16.3. The molecule has 0 fully saturated rings. The van der Waals surface area contributed by atoms with Crippen LogP contribution in [0.3, 0.4) is 0 Å². The Balaban J connectivity index is 3.62. The Kier molecular flexibility index (Phi) is 10.9. The Morgan fingerprint density at radius 3 is 2.19 bits per heavy atom. The van der Waals surface area contributed by atoms with E-state index >= 15 is 0 Å². The lowest BCUT2D eigenvalue weighted by Gasteiger charge is -2.17. The van der Waals surface area contributed by atoms with Crippen LogP contribution in [0.15, 0.2) is 0 Å². The predicted octanol–water partition coefficient (Wildman–Crippen LogP) is 2.55. The average molecular weight is 300 g/mol. The zero-order valence-electron chi connectivity index (χ0n) is 13.9. The largest absolute Gasteiger partial charge is 0.480 e. The van der Waals surface area contributed by atoms with Gasteiger partial charge in [-0.1, -0.05) is 40.5 Å². The first-order valence-electron chi connectivity index (χ1n) is 8.08. The number of carbonyl (C=O) groups is 2. The normalized spacial score (nSPS) is 12.7. The molecule has 1 amide bonds. The highest BCUT2D eigenvalue weighted by Crippen LogP contribution is 2.06. The van der Waals surface area contributed by atoms with Gasteiger partial charge >= 0.3 is 5.97 Å². The number of carboxylic acid groups (broad SMARTS) is 1. The van der Waals surface area contributed by atoms with Gasteiger partial charge in [-0.15, -0.1) is 0 Å². The number of hydrogen-bond acceptors (Lipinski definition) is 3. The third-order valence-corrected chi connectivity index (χ3v) is 3.27. The number of nitrogens with one attached hydrogen (secondary N) is 2. The summed E-state index contributed by atoms with van der Waals surface area (Å²) in [5, 5.41) is 15.0. The van der Waals surface area contributed by atoms with E-state index in [1.54, 1.807) is 0 Å². The van der Waals surface area contributed by atoms with Crippen molar-refractivity contribution in [1.29, 1.82) is 0 Å². The summed E-state index contributed by atoms with van der Waals surface area (Å²) in [4.78, 5) is 22.6. The maximum absolute atomic E-state index is 11.5. The fourth-order valence-electron chi connectivity index (χ4n) is 2.07. The Bertz CT molecular complexity index is 304. The molecule has 0 aromatic rings. The summed E-state index contributed by atoms with van der Waals surface area (Å²) in [6.07, 6.45) is 4.85. The quantitative estimate of drug-likeness (QED) is 0.484. The van der Waals surface area contributed by atoms with Crippen molar-refractivity contribution in [1.82, 2.24) is 10.6 Å². The number of unbranched alkanes of at least 4 members (excludes halogenated alkanes) is 2. The Labute approximate surface area is 128 Å². The van der Waals surface area contributed by atoms with Crippen molar-refractivity contribution >= 4 is 11.9 Å². The van der Waals surface area contributed by atoms with E-state index in [4.69, 9.17) is 5.11 Å². The number of carbonyl (C=O) groups excluding carboxylic acids is 1. The minimum atomic E-state index is -0.786. The first kappa shape index (κ1) is 19.9.